The first-order valence-electron chi connectivity index (χ1n) is 8.67. The minimum absolute atomic E-state index is 0.362. The van der Waals surface area contributed by atoms with Crippen LogP contribution in [0.3, 0.4) is 0 Å². The Morgan fingerprint density at radius 3 is 2.40 bits per heavy atom. The summed E-state index contributed by atoms with van der Waals surface area (Å²) in [5, 5.41) is 3.57. The van der Waals surface area contributed by atoms with E-state index in [9.17, 15) is 0 Å². The molecule has 1 N–H and O–H groups in total. The van der Waals surface area contributed by atoms with Crippen molar-refractivity contribution < 1.29 is 0 Å². The molecule has 1 aliphatic rings. The molecule has 0 saturated heterocycles. The molecule has 0 amide bonds. The first kappa shape index (κ1) is 18.0. The van der Waals surface area contributed by atoms with Crippen molar-refractivity contribution in [2.45, 2.75) is 78.8 Å². The Morgan fingerprint density at radius 1 is 1.25 bits per heavy atom. The van der Waals surface area contributed by atoms with Crippen molar-refractivity contribution in [1.29, 1.82) is 0 Å². The summed E-state index contributed by atoms with van der Waals surface area (Å²) in [4.78, 5) is 2.59. The average Bonchev–Trinajstić information content (AvgIpc) is 2.37. The van der Waals surface area contributed by atoms with Gasteiger partial charge in [-0.3, -0.25) is 0 Å². The van der Waals surface area contributed by atoms with Gasteiger partial charge in [-0.05, 0) is 57.5 Å². The second-order valence-electron chi connectivity index (χ2n) is 8.10. The monoisotopic (exact) mass is 282 g/mol. The van der Waals surface area contributed by atoms with Crippen LogP contribution in [0.15, 0.2) is 0 Å². The number of nitrogens with zero attached hydrogens (tertiary/aromatic N) is 1. The zero-order valence-corrected chi connectivity index (χ0v) is 15.0. The van der Waals surface area contributed by atoms with Crippen LogP contribution in [0.25, 0.3) is 0 Å². The van der Waals surface area contributed by atoms with Crippen LogP contribution in [0.1, 0.15) is 66.7 Å². The van der Waals surface area contributed by atoms with E-state index >= 15 is 0 Å². The van der Waals surface area contributed by atoms with Crippen molar-refractivity contribution in [3.63, 3.8) is 0 Å². The van der Waals surface area contributed by atoms with E-state index in [0.717, 1.165) is 17.9 Å². The van der Waals surface area contributed by atoms with Crippen molar-refractivity contribution in [2.75, 3.05) is 20.6 Å². The largest absolute Gasteiger partial charge is 0.317 e. The van der Waals surface area contributed by atoms with E-state index in [2.05, 4.69) is 58.9 Å². The molecule has 20 heavy (non-hydrogen) atoms. The van der Waals surface area contributed by atoms with Gasteiger partial charge < -0.3 is 10.2 Å². The van der Waals surface area contributed by atoms with Crippen LogP contribution in [0.5, 0.6) is 0 Å². The molecule has 1 saturated carbocycles. The van der Waals surface area contributed by atoms with E-state index in [0.29, 0.717) is 11.5 Å². The lowest BCUT2D eigenvalue weighted by Crippen LogP contribution is -2.48. The van der Waals surface area contributed by atoms with Crippen molar-refractivity contribution in [3.05, 3.63) is 0 Å². The predicted octanol–water partition coefficient (Wildman–Crippen LogP) is 4.16. The third kappa shape index (κ3) is 5.04. The molecule has 4 atom stereocenters. The molecule has 120 valence electrons. The number of rotatable bonds is 6. The second-order valence-corrected chi connectivity index (χ2v) is 8.10. The van der Waals surface area contributed by atoms with E-state index in [1.54, 1.807) is 0 Å². The van der Waals surface area contributed by atoms with E-state index in [1.807, 2.05) is 0 Å². The molecule has 4 unspecified atom stereocenters. The molecule has 0 bridgehead atoms. The predicted molar refractivity (Wildman–Crippen MR) is 90.1 cm³/mol. The van der Waals surface area contributed by atoms with Crippen LogP contribution in [-0.2, 0) is 0 Å². The fourth-order valence-corrected chi connectivity index (χ4v) is 3.80. The third-order valence-electron chi connectivity index (χ3n) is 5.60. The van der Waals surface area contributed by atoms with Crippen LogP contribution in [0, 0.1) is 17.3 Å². The molecule has 0 aromatic carbocycles. The standard InChI is InChI=1S/C18H38N2/c1-8-9-15-10-11-17(19-6)16(12-15)13-20(7)14(2)18(3,4)5/h14-17,19H,8-13H2,1-7H3. The van der Waals surface area contributed by atoms with Crippen LogP contribution >= 0.6 is 0 Å². The highest BCUT2D eigenvalue weighted by atomic mass is 15.1. The van der Waals surface area contributed by atoms with E-state index in [1.165, 1.54) is 38.6 Å². The topological polar surface area (TPSA) is 15.3 Å². The first-order chi connectivity index (χ1) is 9.29. The van der Waals surface area contributed by atoms with Gasteiger partial charge >= 0.3 is 0 Å². The number of hydrogen-bond donors (Lipinski definition) is 1. The summed E-state index contributed by atoms with van der Waals surface area (Å²) in [5.41, 5.74) is 0.362. The lowest BCUT2D eigenvalue weighted by molar-refractivity contribution is 0.0892. The zero-order valence-electron chi connectivity index (χ0n) is 15.0. The SMILES string of the molecule is CCCC1CCC(NC)C(CN(C)C(C)C(C)(C)C)C1. The number of hydrogen-bond acceptors (Lipinski definition) is 2. The zero-order chi connectivity index (χ0) is 15.3. The molecular formula is C18H38N2. The molecule has 1 aliphatic carbocycles. The molecule has 0 aromatic rings. The van der Waals surface area contributed by atoms with Gasteiger partial charge in [0.05, 0.1) is 0 Å². The first-order valence-corrected chi connectivity index (χ1v) is 8.67. The summed E-state index contributed by atoms with van der Waals surface area (Å²) in [6, 6.07) is 1.35. The molecule has 0 spiro atoms. The van der Waals surface area contributed by atoms with Gasteiger partial charge in [-0.15, -0.1) is 0 Å². The van der Waals surface area contributed by atoms with Gasteiger partial charge in [0.2, 0.25) is 0 Å². The van der Waals surface area contributed by atoms with Crippen molar-refractivity contribution in [3.8, 4) is 0 Å². The minimum atomic E-state index is 0.362. The Kier molecular flexibility index (Phi) is 7.00. The molecule has 1 rings (SSSR count). The van der Waals surface area contributed by atoms with Crippen LogP contribution in [-0.4, -0.2) is 37.6 Å². The van der Waals surface area contributed by atoms with Crippen molar-refractivity contribution in [1.82, 2.24) is 10.2 Å². The average molecular weight is 283 g/mol. The normalized spacial score (nSPS) is 29.7. The summed E-state index contributed by atoms with van der Waals surface area (Å²) >= 11 is 0. The van der Waals surface area contributed by atoms with Gasteiger partial charge in [-0.25, -0.2) is 0 Å². The Morgan fingerprint density at radius 2 is 1.90 bits per heavy atom. The Balaban J connectivity index is 2.61. The molecular weight excluding hydrogens is 244 g/mol. The summed E-state index contributed by atoms with van der Waals surface area (Å²) in [5.74, 6) is 1.79. The fraction of sp³-hybridized carbons (Fsp3) is 1.00. The van der Waals surface area contributed by atoms with E-state index < -0.39 is 0 Å². The Labute approximate surface area is 127 Å². The molecule has 1 fully saturated rings. The third-order valence-corrected chi connectivity index (χ3v) is 5.60. The quantitative estimate of drug-likeness (QED) is 0.787. The Bertz CT molecular complexity index is 269. The fourth-order valence-electron chi connectivity index (χ4n) is 3.80. The van der Waals surface area contributed by atoms with Gasteiger partial charge in [0.15, 0.2) is 0 Å². The highest BCUT2D eigenvalue weighted by Crippen LogP contribution is 2.33. The lowest BCUT2D eigenvalue weighted by atomic mass is 9.75. The van der Waals surface area contributed by atoms with Gasteiger partial charge in [0, 0.05) is 18.6 Å². The van der Waals surface area contributed by atoms with Gasteiger partial charge in [0.25, 0.3) is 0 Å². The molecule has 0 heterocycles. The smallest absolute Gasteiger partial charge is 0.0112 e. The summed E-state index contributed by atoms with van der Waals surface area (Å²) in [6.07, 6.45) is 6.97. The maximum atomic E-state index is 3.57. The maximum Gasteiger partial charge on any atom is 0.0112 e. The van der Waals surface area contributed by atoms with Gasteiger partial charge in [0.1, 0.15) is 0 Å². The molecule has 0 radical (unpaired) electrons. The van der Waals surface area contributed by atoms with Crippen LogP contribution in [0.4, 0.5) is 0 Å². The second kappa shape index (κ2) is 7.79. The molecule has 2 nitrogen and oxygen atoms in total. The van der Waals surface area contributed by atoms with E-state index in [4.69, 9.17) is 0 Å². The maximum absolute atomic E-state index is 3.57. The van der Waals surface area contributed by atoms with Crippen molar-refractivity contribution in [2.24, 2.45) is 17.3 Å². The molecule has 0 aliphatic heterocycles. The highest BCUT2D eigenvalue weighted by Gasteiger charge is 2.32. The van der Waals surface area contributed by atoms with Crippen molar-refractivity contribution >= 4 is 0 Å². The molecule has 2 heteroatoms. The molecule has 0 aromatic heterocycles. The summed E-state index contributed by atoms with van der Waals surface area (Å²) < 4.78 is 0. The summed E-state index contributed by atoms with van der Waals surface area (Å²) in [7, 11) is 4.46. The van der Waals surface area contributed by atoms with E-state index in [-0.39, 0.29) is 0 Å². The van der Waals surface area contributed by atoms with Gasteiger partial charge in [-0.1, -0.05) is 40.5 Å². The number of nitrogens with one attached hydrogen (secondary N) is 1. The minimum Gasteiger partial charge on any atom is -0.317 e. The lowest BCUT2D eigenvalue weighted by Gasteiger charge is -2.42. The Hall–Kier alpha value is -0.0800. The van der Waals surface area contributed by atoms with Crippen LogP contribution < -0.4 is 5.32 Å². The highest BCUT2D eigenvalue weighted by molar-refractivity contribution is 4.87. The van der Waals surface area contributed by atoms with Crippen LogP contribution in [0.2, 0.25) is 0 Å². The summed E-state index contributed by atoms with van der Waals surface area (Å²) in [6.45, 7) is 13.0. The van der Waals surface area contributed by atoms with Gasteiger partial charge in [-0.2, -0.15) is 0 Å².